The number of nitriles is 1. The molecule has 1 N–H and O–H groups in total. The first kappa shape index (κ1) is 12.5. The second-order valence-corrected chi connectivity index (χ2v) is 3.68. The van der Waals surface area contributed by atoms with Gasteiger partial charge in [0.05, 0.1) is 23.4 Å². The van der Waals surface area contributed by atoms with Gasteiger partial charge in [-0.05, 0) is 29.8 Å². The van der Waals surface area contributed by atoms with E-state index in [-0.39, 0.29) is 5.91 Å². The van der Waals surface area contributed by atoms with Crippen LogP contribution in [0.2, 0.25) is 0 Å². The number of carbonyl (C=O) groups is 1. The van der Waals surface area contributed by atoms with Crippen LogP contribution >= 0.6 is 0 Å². The molecule has 0 radical (unpaired) electrons. The summed E-state index contributed by atoms with van der Waals surface area (Å²) < 4.78 is 0. The van der Waals surface area contributed by atoms with E-state index >= 15 is 0 Å². The van der Waals surface area contributed by atoms with E-state index < -0.39 is 0 Å². The molecule has 1 heterocycles. The Morgan fingerprint density at radius 3 is 3.00 bits per heavy atom. The van der Waals surface area contributed by atoms with Gasteiger partial charge in [0, 0.05) is 12.4 Å². The molecule has 0 unspecified atom stereocenters. The van der Waals surface area contributed by atoms with Crippen LogP contribution in [0.3, 0.4) is 0 Å². The van der Waals surface area contributed by atoms with E-state index in [9.17, 15) is 4.79 Å². The summed E-state index contributed by atoms with van der Waals surface area (Å²) >= 11 is 0. The van der Waals surface area contributed by atoms with Crippen molar-refractivity contribution in [2.24, 2.45) is 5.10 Å². The molecule has 92 valence electrons. The first-order valence-corrected chi connectivity index (χ1v) is 5.53. The molecular formula is C14H10N4O. The number of pyridine rings is 1. The summed E-state index contributed by atoms with van der Waals surface area (Å²) in [6.07, 6.45) is 4.53. The second kappa shape index (κ2) is 6.07. The van der Waals surface area contributed by atoms with Crippen molar-refractivity contribution in [1.29, 1.82) is 5.26 Å². The van der Waals surface area contributed by atoms with Gasteiger partial charge in [0.2, 0.25) is 0 Å². The van der Waals surface area contributed by atoms with Crippen molar-refractivity contribution in [3.63, 3.8) is 0 Å². The summed E-state index contributed by atoms with van der Waals surface area (Å²) in [7, 11) is 0. The third-order valence-corrected chi connectivity index (χ3v) is 2.32. The van der Waals surface area contributed by atoms with Gasteiger partial charge in [-0.25, -0.2) is 5.43 Å². The number of nitrogens with zero attached hydrogens (tertiary/aromatic N) is 3. The van der Waals surface area contributed by atoms with Gasteiger partial charge >= 0.3 is 0 Å². The van der Waals surface area contributed by atoms with Crippen molar-refractivity contribution < 1.29 is 4.79 Å². The highest BCUT2D eigenvalue weighted by molar-refractivity contribution is 5.94. The zero-order chi connectivity index (χ0) is 13.5. The van der Waals surface area contributed by atoms with Crippen LogP contribution in [-0.2, 0) is 0 Å². The number of hydrazone groups is 1. The Morgan fingerprint density at radius 1 is 1.37 bits per heavy atom. The van der Waals surface area contributed by atoms with E-state index in [1.165, 1.54) is 12.4 Å². The third-order valence-electron chi connectivity index (χ3n) is 2.32. The maximum atomic E-state index is 11.6. The fourth-order valence-corrected chi connectivity index (χ4v) is 1.42. The van der Waals surface area contributed by atoms with Crippen LogP contribution < -0.4 is 5.43 Å². The van der Waals surface area contributed by atoms with Crippen LogP contribution in [-0.4, -0.2) is 17.1 Å². The number of carbonyl (C=O) groups excluding carboxylic acids is 1. The minimum absolute atomic E-state index is 0.333. The molecule has 5 heteroatoms. The van der Waals surface area contributed by atoms with Crippen LogP contribution in [0.4, 0.5) is 0 Å². The zero-order valence-corrected chi connectivity index (χ0v) is 9.95. The van der Waals surface area contributed by atoms with E-state index in [0.717, 1.165) is 5.56 Å². The van der Waals surface area contributed by atoms with Gasteiger partial charge < -0.3 is 0 Å². The quantitative estimate of drug-likeness (QED) is 0.665. The van der Waals surface area contributed by atoms with Crippen molar-refractivity contribution >= 4 is 12.1 Å². The van der Waals surface area contributed by atoms with Gasteiger partial charge in [-0.1, -0.05) is 12.1 Å². The topological polar surface area (TPSA) is 78.1 Å². The second-order valence-electron chi connectivity index (χ2n) is 3.68. The number of rotatable bonds is 3. The smallest absolute Gasteiger partial charge is 0.267 e. The molecule has 1 amide bonds. The molecule has 1 aromatic heterocycles. The molecule has 0 saturated heterocycles. The van der Waals surface area contributed by atoms with Gasteiger partial charge in [-0.3, -0.25) is 9.78 Å². The molecule has 5 nitrogen and oxygen atoms in total. The molecule has 0 spiro atoms. The molecule has 0 aliphatic carbocycles. The highest BCUT2D eigenvalue weighted by atomic mass is 16.2. The van der Waals surface area contributed by atoms with E-state index in [1.54, 1.807) is 42.6 Å². The van der Waals surface area contributed by atoms with E-state index in [0.29, 0.717) is 11.1 Å². The molecular weight excluding hydrogens is 240 g/mol. The normalized spacial score (nSPS) is 10.1. The van der Waals surface area contributed by atoms with Crippen LogP contribution in [0.25, 0.3) is 0 Å². The number of aromatic nitrogens is 1. The number of nitrogens with one attached hydrogen (secondary N) is 1. The maximum Gasteiger partial charge on any atom is 0.272 e. The third kappa shape index (κ3) is 3.48. The van der Waals surface area contributed by atoms with Crippen molar-refractivity contribution in [1.82, 2.24) is 10.4 Å². The number of hydrogen-bond donors (Lipinski definition) is 1. The standard InChI is InChI=1S/C14H10N4O/c15-8-11-3-1-4-12(7-11)9-17-18-14(19)13-5-2-6-16-10-13/h1-7,9-10H,(H,18,19). The maximum absolute atomic E-state index is 11.6. The first-order chi connectivity index (χ1) is 9.29. The van der Waals surface area contributed by atoms with E-state index in [4.69, 9.17) is 5.26 Å². The Morgan fingerprint density at radius 2 is 2.26 bits per heavy atom. The molecule has 19 heavy (non-hydrogen) atoms. The van der Waals surface area contributed by atoms with Gasteiger partial charge in [0.15, 0.2) is 0 Å². The zero-order valence-electron chi connectivity index (χ0n) is 9.95. The molecule has 1 aromatic carbocycles. The van der Waals surface area contributed by atoms with Crippen molar-refractivity contribution in [2.45, 2.75) is 0 Å². The monoisotopic (exact) mass is 250 g/mol. The van der Waals surface area contributed by atoms with Crippen LogP contribution in [0.5, 0.6) is 0 Å². The Hall–Kier alpha value is -3.00. The molecule has 0 atom stereocenters. The van der Waals surface area contributed by atoms with Crippen molar-refractivity contribution in [3.8, 4) is 6.07 Å². The summed E-state index contributed by atoms with van der Waals surface area (Å²) in [5.41, 5.74) is 4.11. The van der Waals surface area contributed by atoms with Gasteiger partial charge in [-0.2, -0.15) is 10.4 Å². The Kier molecular flexibility index (Phi) is 3.98. The molecule has 0 bridgehead atoms. The molecule has 0 fully saturated rings. The highest BCUT2D eigenvalue weighted by Crippen LogP contribution is 2.01. The number of benzene rings is 1. The first-order valence-electron chi connectivity index (χ1n) is 5.53. The summed E-state index contributed by atoms with van der Waals surface area (Å²) in [6.45, 7) is 0. The number of amides is 1. The van der Waals surface area contributed by atoms with Gasteiger partial charge in [0.1, 0.15) is 0 Å². The van der Waals surface area contributed by atoms with Crippen molar-refractivity contribution in [3.05, 3.63) is 65.5 Å². The molecule has 0 aliphatic heterocycles. The SMILES string of the molecule is N#Cc1cccc(C=NNC(=O)c2cccnc2)c1. The molecule has 0 saturated carbocycles. The lowest BCUT2D eigenvalue weighted by atomic mass is 10.1. The minimum atomic E-state index is -0.333. The summed E-state index contributed by atoms with van der Waals surface area (Å²) in [4.78, 5) is 15.5. The predicted molar refractivity (Wildman–Crippen MR) is 70.5 cm³/mol. The summed E-state index contributed by atoms with van der Waals surface area (Å²) in [6, 6.07) is 12.3. The Balaban J connectivity index is 2.00. The minimum Gasteiger partial charge on any atom is -0.267 e. The van der Waals surface area contributed by atoms with Gasteiger partial charge in [0.25, 0.3) is 5.91 Å². The van der Waals surface area contributed by atoms with Crippen LogP contribution in [0.15, 0.2) is 53.9 Å². The summed E-state index contributed by atoms with van der Waals surface area (Å²) in [5, 5.41) is 12.6. The van der Waals surface area contributed by atoms with Gasteiger partial charge in [-0.15, -0.1) is 0 Å². The van der Waals surface area contributed by atoms with E-state index in [1.807, 2.05) is 6.07 Å². The molecule has 0 aliphatic rings. The fourth-order valence-electron chi connectivity index (χ4n) is 1.42. The average molecular weight is 250 g/mol. The van der Waals surface area contributed by atoms with Crippen LogP contribution in [0.1, 0.15) is 21.5 Å². The predicted octanol–water partition coefficient (Wildman–Crippen LogP) is 1.72. The van der Waals surface area contributed by atoms with Crippen molar-refractivity contribution in [2.75, 3.05) is 0 Å². The highest BCUT2D eigenvalue weighted by Gasteiger charge is 2.02. The lowest BCUT2D eigenvalue weighted by Gasteiger charge is -1.98. The van der Waals surface area contributed by atoms with Crippen LogP contribution in [0, 0.1) is 11.3 Å². The fraction of sp³-hybridized carbons (Fsp3) is 0. The number of hydrogen-bond acceptors (Lipinski definition) is 4. The Bertz CT molecular complexity index is 644. The summed E-state index contributed by atoms with van der Waals surface area (Å²) in [5.74, 6) is -0.333. The Labute approximate surface area is 110 Å². The average Bonchev–Trinajstić information content (AvgIpc) is 2.48. The lowest BCUT2D eigenvalue weighted by molar-refractivity contribution is 0.0955. The van der Waals surface area contributed by atoms with E-state index in [2.05, 4.69) is 15.5 Å². The lowest BCUT2D eigenvalue weighted by Crippen LogP contribution is -2.17. The largest absolute Gasteiger partial charge is 0.272 e. The molecule has 2 aromatic rings. The molecule has 2 rings (SSSR count).